The largest absolute Gasteiger partial charge is 1.00 e. The van der Waals surface area contributed by atoms with Crippen LogP contribution in [0.1, 0.15) is 5.69 Å². The van der Waals surface area contributed by atoms with Crippen LogP contribution in [0.25, 0.3) is 0 Å². The summed E-state index contributed by atoms with van der Waals surface area (Å²) in [6.07, 6.45) is 2.60. The number of nitrogens with zero attached hydrogens (tertiary/aromatic N) is 1. The Morgan fingerprint density at radius 3 is 2.33 bits per heavy atom. The van der Waals surface area contributed by atoms with Crippen LogP contribution in [0.5, 0.6) is 5.75 Å². The second kappa shape index (κ2) is 8.61. The second-order valence-electron chi connectivity index (χ2n) is 3.49. The van der Waals surface area contributed by atoms with E-state index < -0.39 is 0 Å². The highest BCUT2D eigenvalue weighted by Crippen LogP contribution is 2.13. The first kappa shape index (κ1) is 16.6. The van der Waals surface area contributed by atoms with Gasteiger partial charge in [0.25, 0.3) is 0 Å². The van der Waals surface area contributed by atoms with Gasteiger partial charge in [0, 0.05) is 24.0 Å². The lowest BCUT2D eigenvalue weighted by atomic mass is 10.3. The Balaban J connectivity index is 0.00000144. The molecule has 18 heavy (non-hydrogen) atoms. The van der Waals surface area contributed by atoms with E-state index in [4.69, 9.17) is 10.5 Å². The van der Waals surface area contributed by atoms with Crippen molar-refractivity contribution in [3.05, 3.63) is 54.4 Å². The molecule has 0 fully saturated rings. The van der Waals surface area contributed by atoms with Gasteiger partial charge in [0.1, 0.15) is 5.75 Å². The minimum atomic E-state index is 0. The summed E-state index contributed by atoms with van der Waals surface area (Å²) in [5.41, 5.74) is 7.37. The first-order valence-corrected chi connectivity index (χ1v) is 5.23. The first-order valence-electron chi connectivity index (χ1n) is 5.23. The molecule has 0 spiro atoms. The predicted octanol–water partition coefficient (Wildman–Crippen LogP) is -3.71. The van der Waals surface area contributed by atoms with Gasteiger partial charge in [-0.2, -0.15) is 0 Å². The van der Waals surface area contributed by atoms with E-state index in [2.05, 4.69) is 4.98 Å². The van der Waals surface area contributed by atoms with Crippen molar-refractivity contribution in [3.63, 3.8) is 0 Å². The summed E-state index contributed by atoms with van der Waals surface area (Å²) in [6, 6.07) is 13.3. The van der Waals surface area contributed by atoms with E-state index in [-0.39, 0.29) is 24.8 Å². The fourth-order valence-electron chi connectivity index (χ4n) is 1.38. The van der Waals surface area contributed by atoms with Gasteiger partial charge < -0.3 is 35.3 Å². The van der Waals surface area contributed by atoms with Gasteiger partial charge in [0.05, 0.1) is 6.61 Å². The summed E-state index contributed by atoms with van der Waals surface area (Å²) in [6.45, 7) is 0.626. The molecular weight excluding hydrogens is 271 g/mol. The van der Waals surface area contributed by atoms with E-state index in [9.17, 15) is 0 Å². The van der Waals surface area contributed by atoms with E-state index >= 15 is 0 Å². The Morgan fingerprint density at radius 1 is 1.00 bits per heavy atom. The second-order valence-corrected chi connectivity index (χ2v) is 3.49. The maximum absolute atomic E-state index is 5.58. The highest BCUT2D eigenvalue weighted by molar-refractivity contribution is 5.41. The van der Waals surface area contributed by atoms with Crippen LogP contribution in [-0.2, 0) is 6.42 Å². The molecule has 0 aliphatic carbocycles. The van der Waals surface area contributed by atoms with Crippen molar-refractivity contribution in [1.82, 2.24) is 4.98 Å². The van der Waals surface area contributed by atoms with Crippen molar-refractivity contribution in [3.8, 4) is 5.75 Å². The van der Waals surface area contributed by atoms with Crippen LogP contribution in [0.4, 0.5) is 5.69 Å². The fourth-order valence-corrected chi connectivity index (χ4v) is 1.38. The molecule has 98 valence electrons. The standard InChI is InChI=1S/C13H14N2O.2ClH/c14-11-4-6-13(7-5-11)16-10-8-12-3-1-2-9-15-12;;/h1-7,9H,8,10,14H2;2*1H/p-2. The quantitative estimate of drug-likeness (QED) is 0.588. The minimum Gasteiger partial charge on any atom is -1.00 e. The summed E-state index contributed by atoms with van der Waals surface area (Å²) < 4.78 is 5.57. The summed E-state index contributed by atoms with van der Waals surface area (Å²) in [5, 5.41) is 0. The normalized spacial score (nSPS) is 8.89. The van der Waals surface area contributed by atoms with Crippen LogP contribution in [0, 0.1) is 0 Å². The number of rotatable bonds is 4. The van der Waals surface area contributed by atoms with Crippen LogP contribution < -0.4 is 35.3 Å². The molecule has 1 heterocycles. The van der Waals surface area contributed by atoms with Crippen LogP contribution in [0.3, 0.4) is 0 Å². The lowest BCUT2D eigenvalue weighted by Crippen LogP contribution is -3.00. The van der Waals surface area contributed by atoms with Crippen molar-refractivity contribution in [1.29, 1.82) is 0 Å². The number of aromatic nitrogens is 1. The first-order chi connectivity index (χ1) is 7.84. The van der Waals surface area contributed by atoms with Gasteiger partial charge in [0.15, 0.2) is 0 Å². The predicted molar refractivity (Wildman–Crippen MR) is 64.3 cm³/mol. The number of nitrogens with two attached hydrogens (primary N) is 1. The summed E-state index contributed by atoms with van der Waals surface area (Å²) in [7, 11) is 0. The molecule has 0 radical (unpaired) electrons. The molecule has 0 atom stereocenters. The number of hydrogen-bond acceptors (Lipinski definition) is 3. The lowest BCUT2D eigenvalue weighted by molar-refractivity contribution is -0.001000. The zero-order valence-corrected chi connectivity index (χ0v) is 11.2. The number of halogens is 2. The van der Waals surface area contributed by atoms with E-state index in [0.29, 0.717) is 6.61 Å². The molecule has 0 bridgehead atoms. The lowest BCUT2D eigenvalue weighted by Gasteiger charge is -2.05. The summed E-state index contributed by atoms with van der Waals surface area (Å²) in [4.78, 5) is 4.22. The van der Waals surface area contributed by atoms with E-state index in [1.165, 1.54) is 0 Å². The number of nitrogen functional groups attached to an aromatic ring is 1. The van der Waals surface area contributed by atoms with Gasteiger partial charge in [-0.15, -0.1) is 0 Å². The molecule has 1 aromatic heterocycles. The van der Waals surface area contributed by atoms with E-state index in [0.717, 1.165) is 23.6 Å². The third kappa shape index (κ3) is 5.25. The monoisotopic (exact) mass is 284 g/mol. The Bertz CT molecular complexity index is 435. The van der Waals surface area contributed by atoms with Gasteiger partial charge >= 0.3 is 0 Å². The average Bonchev–Trinajstić information content (AvgIpc) is 2.33. The zero-order chi connectivity index (χ0) is 11.2. The maximum atomic E-state index is 5.58. The molecule has 2 rings (SSSR count). The Hall–Kier alpha value is -1.45. The van der Waals surface area contributed by atoms with Crippen LogP contribution >= 0.6 is 0 Å². The Labute approximate surface area is 119 Å². The highest BCUT2D eigenvalue weighted by atomic mass is 35.5. The minimum absolute atomic E-state index is 0. The number of hydrogen-bond donors (Lipinski definition) is 1. The van der Waals surface area contributed by atoms with Gasteiger partial charge in [-0.25, -0.2) is 0 Å². The zero-order valence-electron chi connectivity index (χ0n) is 9.72. The van der Waals surface area contributed by atoms with Gasteiger partial charge in [-0.05, 0) is 36.4 Å². The molecule has 0 saturated heterocycles. The molecule has 0 saturated carbocycles. The third-order valence-electron chi connectivity index (χ3n) is 2.23. The Morgan fingerprint density at radius 2 is 1.72 bits per heavy atom. The maximum Gasteiger partial charge on any atom is 0.119 e. The number of anilines is 1. The van der Waals surface area contributed by atoms with Crippen molar-refractivity contribution in [2.45, 2.75) is 6.42 Å². The average molecular weight is 285 g/mol. The van der Waals surface area contributed by atoms with Crippen molar-refractivity contribution < 1.29 is 29.6 Å². The van der Waals surface area contributed by atoms with Crippen LogP contribution in [-0.4, -0.2) is 11.6 Å². The Kier molecular flexibility index (Phi) is 7.92. The molecular formula is C13H14Cl2N2O-2. The molecule has 3 nitrogen and oxygen atoms in total. The highest BCUT2D eigenvalue weighted by Gasteiger charge is 1.95. The van der Waals surface area contributed by atoms with Gasteiger partial charge in [-0.3, -0.25) is 4.98 Å². The molecule has 2 N–H and O–H groups in total. The summed E-state index contributed by atoms with van der Waals surface area (Å²) in [5.74, 6) is 0.838. The van der Waals surface area contributed by atoms with E-state index in [1.54, 1.807) is 6.20 Å². The smallest absolute Gasteiger partial charge is 0.119 e. The molecule has 0 amide bonds. The number of pyridine rings is 1. The van der Waals surface area contributed by atoms with Crippen molar-refractivity contribution in [2.24, 2.45) is 0 Å². The topological polar surface area (TPSA) is 48.1 Å². The third-order valence-corrected chi connectivity index (χ3v) is 2.23. The molecule has 5 heteroatoms. The molecule has 0 unspecified atom stereocenters. The van der Waals surface area contributed by atoms with Crippen LogP contribution in [0.15, 0.2) is 48.7 Å². The molecule has 0 aliphatic rings. The molecule has 2 aromatic rings. The molecule has 1 aromatic carbocycles. The van der Waals surface area contributed by atoms with Gasteiger partial charge in [0.2, 0.25) is 0 Å². The molecule has 0 aliphatic heterocycles. The van der Waals surface area contributed by atoms with Crippen molar-refractivity contribution in [2.75, 3.05) is 12.3 Å². The SMILES string of the molecule is Nc1ccc(OCCc2ccccn2)cc1.[Cl-].[Cl-]. The van der Waals surface area contributed by atoms with E-state index in [1.807, 2.05) is 42.5 Å². The van der Waals surface area contributed by atoms with Crippen molar-refractivity contribution >= 4 is 5.69 Å². The summed E-state index contributed by atoms with van der Waals surface area (Å²) >= 11 is 0. The van der Waals surface area contributed by atoms with Gasteiger partial charge in [-0.1, -0.05) is 6.07 Å². The number of benzene rings is 1. The number of ether oxygens (including phenoxy) is 1. The van der Waals surface area contributed by atoms with Crippen LogP contribution in [0.2, 0.25) is 0 Å². The fraction of sp³-hybridized carbons (Fsp3) is 0.154.